The van der Waals surface area contributed by atoms with Crippen molar-refractivity contribution in [3.05, 3.63) is 30.3 Å². The largest absolute Gasteiger partial charge is 1.00 e. The molecule has 0 heterocycles. The number of para-hydroxylation sites is 1. The minimum atomic E-state index is -0.520. The van der Waals surface area contributed by atoms with Crippen molar-refractivity contribution in [1.29, 1.82) is 0 Å². The van der Waals surface area contributed by atoms with Gasteiger partial charge in [-0.25, -0.2) is 16.3 Å². The number of Topliss-reactive ketones (excluding diaryl/α,β-unsaturated/α-hetero) is 1. The minimum absolute atomic E-state index is 0. The molecule has 1 amide bonds. The summed E-state index contributed by atoms with van der Waals surface area (Å²) in [6.07, 6.45) is 28.9. The molecule has 1 aromatic rings. The molecule has 0 radical (unpaired) electrons. The van der Waals surface area contributed by atoms with E-state index in [1.54, 1.807) is 16.3 Å². The zero-order valence-corrected chi connectivity index (χ0v) is 54.6. The third-order valence-corrected chi connectivity index (χ3v) is 29.1. The van der Waals surface area contributed by atoms with E-state index in [1.165, 1.54) is 109 Å². The Labute approximate surface area is 517 Å². The summed E-state index contributed by atoms with van der Waals surface area (Å²) < 4.78 is 8.06. The number of amides is 1. The average molecular weight is 1190 g/mol. The van der Waals surface area contributed by atoms with E-state index < -0.39 is 22.8 Å². The van der Waals surface area contributed by atoms with Gasteiger partial charge in [0.15, 0.2) is 0 Å². The molecule has 5 N–H and O–H groups in total. The monoisotopic (exact) mass is 1190 g/mol. The SMILES string of the molecule is CC(=O)[C@H]1C2CC2[C@H]2[C@@H]3CC[C@@H]4C[C@](C)(O)CC[C@@H]4[C@H]3CC[C@]12C.C[C@@]1(O)CC[C@H]2[C@H](CC[C@@H]3[C@@H]2CC[C@]2(C)[C@@H](C(=O)Nc4ccccc4)C4CC4[C@@H]32)C1.C[C@@]1(O)CC[C@H]2[C@H](CC[C@@H]3[C@@H]2CC[C@]2(C)[C@@H](C(=O)O)C4CC4[C@@H]32)C1.[Na+].[O-]Br. The summed E-state index contributed by atoms with van der Waals surface area (Å²) in [6.45, 7) is 15.2. The van der Waals surface area contributed by atoms with Gasteiger partial charge in [0.25, 0.3) is 0 Å². The Kier molecular flexibility index (Phi) is 16.2. The molecule has 0 bridgehead atoms. The van der Waals surface area contributed by atoms with Crippen molar-refractivity contribution in [3.63, 3.8) is 0 Å². The van der Waals surface area contributed by atoms with Crippen molar-refractivity contribution in [1.82, 2.24) is 0 Å². The summed E-state index contributed by atoms with van der Waals surface area (Å²) in [7, 11) is 0. The normalized spacial score (nSPS) is 55.4. The van der Waals surface area contributed by atoms with E-state index in [0.29, 0.717) is 46.7 Å². The van der Waals surface area contributed by atoms with Crippen LogP contribution in [0.3, 0.4) is 0 Å². The van der Waals surface area contributed by atoms with E-state index in [9.17, 15) is 34.8 Å². The molecule has 0 spiro atoms. The number of halogens is 1. The van der Waals surface area contributed by atoms with Crippen LogP contribution >= 0.6 is 16.3 Å². The fraction of sp³-hybridized carbons (Fsp3) is 0.871. The van der Waals surface area contributed by atoms with Crippen LogP contribution in [0.2, 0.25) is 0 Å². The van der Waals surface area contributed by atoms with Crippen molar-refractivity contribution in [3.8, 4) is 0 Å². The van der Waals surface area contributed by atoms with Gasteiger partial charge in [0.1, 0.15) is 5.78 Å². The molecule has 0 saturated heterocycles. The smallest absolute Gasteiger partial charge is 0.791 e. The fourth-order valence-electron chi connectivity index (χ4n) is 26.6. The van der Waals surface area contributed by atoms with Gasteiger partial charge in [-0.1, -0.05) is 39.0 Å². The van der Waals surface area contributed by atoms with Crippen molar-refractivity contribution in [2.75, 3.05) is 5.32 Å². The molecule has 15 fully saturated rings. The maximum atomic E-state index is 13.4. The van der Waals surface area contributed by atoms with Gasteiger partial charge in [-0.2, -0.15) is 0 Å². The summed E-state index contributed by atoms with van der Waals surface area (Å²) in [5, 5.41) is 44.7. The van der Waals surface area contributed by atoms with Crippen LogP contribution in [0.1, 0.15) is 203 Å². The predicted molar refractivity (Wildman–Crippen MR) is 313 cm³/mol. The van der Waals surface area contributed by atoms with E-state index in [4.69, 9.17) is 4.20 Å². The number of benzene rings is 1. The second kappa shape index (κ2) is 21.7. The first-order valence-electron chi connectivity index (χ1n) is 33.4. The third-order valence-electron chi connectivity index (χ3n) is 29.1. The summed E-state index contributed by atoms with van der Waals surface area (Å²) in [6, 6.07) is 10.0. The van der Waals surface area contributed by atoms with Gasteiger partial charge in [0, 0.05) is 17.5 Å². The molecule has 16 rings (SSSR count). The van der Waals surface area contributed by atoms with Crippen molar-refractivity contribution < 1.29 is 68.6 Å². The fourth-order valence-corrected chi connectivity index (χ4v) is 26.6. The van der Waals surface area contributed by atoms with Crippen LogP contribution in [-0.4, -0.2) is 54.9 Å². The van der Waals surface area contributed by atoms with Crippen molar-refractivity contribution >= 4 is 39.6 Å². The van der Waals surface area contributed by atoms with Gasteiger partial charge in [0.2, 0.25) is 5.91 Å². The quantitative estimate of drug-likeness (QED) is 0.186. The van der Waals surface area contributed by atoms with Crippen LogP contribution in [0.25, 0.3) is 0 Å². The van der Waals surface area contributed by atoms with Gasteiger partial charge in [-0.15, -0.1) is 0 Å². The molecule has 6 unspecified atom stereocenters. The van der Waals surface area contributed by atoms with Crippen LogP contribution in [-0.2, 0) is 14.4 Å². The van der Waals surface area contributed by atoms with Crippen LogP contribution in [0, 0.1) is 158 Å². The van der Waals surface area contributed by atoms with Crippen LogP contribution < -0.4 is 39.1 Å². The molecule has 15 saturated carbocycles. The van der Waals surface area contributed by atoms with E-state index >= 15 is 0 Å². The number of hydrogen-bond acceptors (Lipinski definition) is 7. The number of fused-ring (bicyclic) bond motifs is 21. The number of aliphatic hydroxyl groups is 3. The van der Waals surface area contributed by atoms with Crippen molar-refractivity contribution in [2.45, 2.75) is 219 Å². The second-order valence-electron chi connectivity index (χ2n) is 33.3. The molecule has 15 aliphatic rings. The van der Waals surface area contributed by atoms with Gasteiger partial charge < -0.3 is 29.9 Å². The maximum absolute atomic E-state index is 13.4. The molecular formula is C70H103BrNNaO8. The predicted octanol–water partition coefficient (Wildman–Crippen LogP) is 10.6. The van der Waals surface area contributed by atoms with E-state index in [1.807, 2.05) is 44.2 Å². The topological polar surface area (TPSA) is 167 Å². The first-order valence-corrected chi connectivity index (χ1v) is 34.1. The number of anilines is 1. The Morgan fingerprint density at radius 2 is 0.778 bits per heavy atom. The van der Waals surface area contributed by atoms with Crippen LogP contribution in [0.5, 0.6) is 0 Å². The molecule has 81 heavy (non-hydrogen) atoms. The summed E-state index contributed by atoms with van der Waals surface area (Å²) in [4.78, 5) is 37.7. The number of rotatable bonds is 4. The number of nitrogens with one attached hydrogen (secondary N) is 1. The first kappa shape index (κ1) is 60.4. The summed E-state index contributed by atoms with van der Waals surface area (Å²) >= 11 is 1.69. The summed E-state index contributed by atoms with van der Waals surface area (Å²) in [5.74, 6) is 16.9. The summed E-state index contributed by atoms with van der Waals surface area (Å²) in [5.41, 5.74) is 0.205. The number of ketones is 1. The molecule has 15 aliphatic carbocycles. The second-order valence-corrected chi connectivity index (χ2v) is 33.3. The molecule has 0 aromatic heterocycles. The number of carboxylic acids is 1. The van der Waals surface area contributed by atoms with Crippen LogP contribution in [0.4, 0.5) is 5.69 Å². The van der Waals surface area contributed by atoms with E-state index in [2.05, 4.69) is 39.9 Å². The number of carbonyl (C=O) groups excluding carboxylic acids is 2. The zero-order chi connectivity index (χ0) is 56.4. The Hall–Kier alpha value is -0.850. The van der Waals surface area contributed by atoms with E-state index in [-0.39, 0.29) is 58.1 Å². The number of carboxylic acid groups (broad SMARTS) is 1. The Morgan fingerprint density at radius 1 is 0.444 bits per heavy atom. The number of aliphatic carboxylic acids is 1. The molecule has 30 atom stereocenters. The van der Waals surface area contributed by atoms with Gasteiger partial charge in [-0.3, -0.25) is 14.4 Å². The number of hydrogen-bond donors (Lipinski definition) is 5. The minimum Gasteiger partial charge on any atom is -0.791 e. The third kappa shape index (κ3) is 10.2. The molecular weight excluding hydrogens is 1090 g/mol. The Bertz CT molecular complexity index is 2420. The molecule has 9 nitrogen and oxygen atoms in total. The standard InChI is InChI=1S/C27H37NO2.C22H34O2.C21H32O3.BrO.Na/c1-26(30)12-10-18-16(15-26)8-9-20-19(18)11-13-27(2)23(20)21-14-22(21)24(27)25(29)28-17-6-4-3-5-7-17;1-12(23)19-17-10-18(17)20-16-5-4-13-11-21(2,24)8-6-14(13)15(16)7-9-22(19,20)3;1-20(24)7-5-12-11(10-20)3-4-14-13(12)6-8-21(2)17(14)15-9-16(15)18(21)19(22)23;1-2;/h3-7,16,18-24,30H,8-15H2,1-2H3,(H,28,29);13-20,24H,4-11H2,1-3H3;11-18,24H,3-10H2,1-2H3,(H,22,23);;/q;;;-1;+1/t16-,18+,19-,20-,21?,22?,23-,24-,26-,27+;13-,14+,15-,16-,17?,18?,19+,20-,21-,22-;11-,12+,13-,14-,15?,16?,17-,18-,20-,21+;;/m111../s1. The van der Waals surface area contributed by atoms with Crippen LogP contribution in [0.15, 0.2) is 30.3 Å². The average Bonchev–Trinajstić information content (AvgIpc) is 1.79. The van der Waals surface area contributed by atoms with Gasteiger partial charge in [-0.05, 0) is 334 Å². The Morgan fingerprint density at radius 3 is 1.15 bits per heavy atom. The molecule has 444 valence electrons. The van der Waals surface area contributed by atoms with Gasteiger partial charge in [0.05, 0.1) is 22.7 Å². The first-order chi connectivity index (χ1) is 38.0. The maximum Gasteiger partial charge on any atom is 1.00 e. The molecule has 0 aliphatic heterocycles. The molecule has 1 aromatic carbocycles. The van der Waals surface area contributed by atoms with E-state index in [0.717, 1.165) is 145 Å². The Balaban J connectivity index is 0.000000119. The molecule has 11 heteroatoms. The van der Waals surface area contributed by atoms with Gasteiger partial charge >= 0.3 is 35.5 Å². The zero-order valence-electron chi connectivity index (χ0n) is 51.0. The number of carbonyl (C=O) groups is 3. The van der Waals surface area contributed by atoms with Crippen molar-refractivity contribution in [2.24, 2.45) is 158 Å².